The molecule has 3 rings (SSSR count). The molecule has 2 aromatic rings. The first-order valence-electron chi connectivity index (χ1n) is 7.61. The second-order valence-corrected chi connectivity index (χ2v) is 6.73. The van der Waals surface area contributed by atoms with E-state index in [0.717, 1.165) is 23.5 Å². The highest BCUT2D eigenvalue weighted by Gasteiger charge is 2.31. The average molecular weight is 333 g/mol. The van der Waals surface area contributed by atoms with E-state index in [2.05, 4.69) is 4.98 Å². The van der Waals surface area contributed by atoms with Crippen molar-refractivity contribution in [1.29, 1.82) is 0 Å². The van der Waals surface area contributed by atoms with E-state index in [4.69, 9.17) is 10.2 Å². The first-order chi connectivity index (χ1) is 11.0. The van der Waals surface area contributed by atoms with Crippen LogP contribution in [0.3, 0.4) is 0 Å². The number of piperidine rings is 1. The minimum absolute atomic E-state index is 0.0141. The summed E-state index contributed by atoms with van der Waals surface area (Å²) in [6, 6.07) is 3.77. The number of likely N-dealkylation sites (tertiary alicyclic amines) is 1. The summed E-state index contributed by atoms with van der Waals surface area (Å²) in [6.07, 6.45) is 3.38. The van der Waals surface area contributed by atoms with Gasteiger partial charge in [-0.25, -0.2) is 4.98 Å². The normalized spacial score (nSPS) is 21.3. The Kier molecular flexibility index (Phi) is 4.47. The molecule has 122 valence electrons. The van der Waals surface area contributed by atoms with Gasteiger partial charge in [0, 0.05) is 18.0 Å². The molecule has 0 bridgehead atoms. The molecule has 2 atom stereocenters. The summed E-state index contributed by atoms with van der Waals surface area (Å²) < 4.78 is 5.31. The first kappa shape index (κ1) is 15.7. The van der Waals surface area contributed by atoms with Gasteiger partial charge >= 0.3 is 0 Å². The predicted octanol–water partition coefficient (Wildman–Crippen LogP) is 2.06. The molecule has 0 radical (unpaired) electrons. The first-order valence-corrected chi connectivity index (χ1v) is 8.49. The largest absolute Gasteiger partial charge is 0.462 e. The van der Waals surface area contributed by atoms with Gasteiger partial charge < -0.3 is 15.1 Å². The number of thiazole rings is 1. The average Bonchev–Trinajstić information content (AvgIpc) is 3.18. The van der Waals surface area contributed by atoms with Crippen molar-refractivity contribution in [2.75, 3.05) is 6.54 Å². The molecule has 23 heavy (non-hydrogen) atoms. The van der Waals surface area contributed by atoms with Crippen molar-refractivity contribution in [3.8, 4) is 10.8 Å². The third kappa shape index (κ3) is 3.44. The van der Waals surface area contributed by atoms with Gasteiger partial charge in [-0.15, -0.1) is 11.3 Å². The Balaban J connectivity index is 1.67. The van der Waals surface area contributed by atoms with Crippen LogP contribution in [-0.2, 0) is 16.0 Å². The van der Waals surface area contributed by atoms with Crippen molar-refractivity contribution in [3.05, 3.63) is 29.5 Å². The van der Waals surface area contributed by atoms with Crippen LogP contribution in [0.4, 0.5) is 0 Å². The van der Waals surface area contributed by atoms with Crippen LogP contribution in [0.25, 0.3) is 10.8 Å². The molecule has 2 N–H and O–H groups in total. The molecule has 2 amide bonds. The summed E-state index contributed by atoms with van der Waals surface area (Å²) in [5, 5.41) is 2.63. The minimum atomic E-state index is -0.330. The van der Waals surface area contributed by atoms with Crippen LogP contribution >= 0.6 is 11.3 Å². The third-order valence-electron chi connectivity index (χ3n) is 4.22. The van der Waals surface area contributed by atoms with Crippen LogP contribution in [0.15, 0.2) is 28.2 Å². The highest BCUT2D eigenvalue weighted by atomic mass is 32.1. The zero-order valence-corrected chi connectivity index (χ0v) is 13.7. The molecule has 1 saturated heterocycles. The number of nitrogens with zero attached hydrogens (tertiary/aromatic N) is 2. The number of carbonyl (C=O) groups excluding carboxylic acids is 2. The van der Waals surface area contributed by atoms with E-state index in [9.17, 15) is 9.59 Å². The van der Waals surface area contributed by atoms with Crippen LogP contribution in [0.1, 0.15) is 25.5 Å². The number of hydrogen-bond donors (Lipinski definition) is 1. The van der Waals surface area contributed by atoms with E-state index in [1.165, 1.54) is 11.3 Å². The molecule has 0 aliphatic carbocycles. The number of aromatic nitrogens is 1. The molecule has 0 spiro atoms. The van der Waals surface area contributed by atoms with Crippen molar-refractivity contribution in [2.24, 2.45) is 11.7 Å². The molecular formula is C16H19N3O3S. The molecule has 6 nitrogen and oxygen atoms in total. The van der Waals surface area contributed by atoms with Gasteiger partial charge in [0.1, 0.15) is 0 Å². The van der Waals surface area contributed by atoms with E-state index in [1.54, 1.807) is 17.2 Å². The van der Waals surface area contributed by atoms with Crippen molar-refractivity contribution >= 4 is 23.2 Å². The fraction of sp³-hybridized carbons (Fsp3) is 0.438. The lowest BCUT2D eigenvalue weighted by Crippen LogP contribution is -2.49. The predicted molar refractivity (Wildman–Crippen MR) is 86.6 cm³/mol. The number of carbonyl (C=O) groups is 2. The highest BCUT2D eigenvalue weighted by Crippen LogP contribution is 2.26. The fourth-order valence-corrected chi connectivity index (χ4v) is 3.63. The second kappa shape index (κ2) is 6.54. The van der Waals surface area contributed by atoms with Gasteiger partial charge in [0.2, 0.25) is 11.8 Å². The SMILES string of the molecule is C[C@@H]1CC[C@H](C(N)=O)CN1C(=O)Cc1csc(-c2ccco2)n1. The van der Waals surface area contributed by atoms with Crippen LogP contribution in [0.2, 0.25) is 0 Å². The molecular weight excluding hydrogens is 314 g/mol. The van der Waals surface area contributed by atoms with E-state index >= 15 is 0 Å². The Bertz CT molecular complexity index is 695. The highest BCUT2D eigenvalue weighted by molar-refractivity contribution is 7.13. The smallest absolute Gasteiger partial charge is 0.228 e. The van der Waals surface area contributed by atoms with Gasteiger partial charge in [0.05, 0.1) is 24.3 Å². The topological polar surface area (TPSA) is 89.4 Å². The summed E-state index contributed by atoms with van der Waals surface area (Å²) in [5.74, 6) is 0.112. The lowest BCUT2D eigenvalue weighted by Gasteiger charge is -2.36. The summed E-state index contributed by atoms with van der Waals surface area (Å²) >= 11 is 1.45. The van der Waals surface area contributed by atoms with Crippen LogP contribution in [-0.4, -0.2) is 34.3 Å². The Hall–Kier alpha value is -2.15. The molecule has 7 heteroatoms. The second-order valence-electron chi connectivity index (χ2n) is 5.87. The van der Waals surface area contributed by atoms with E-state index in [1.807, 2.05) is 18.4 Å². The lowest BCUT2D eigenvalue weighted by atomic mass is 9.92. The molecule has 0 unspecified atom stereocenters. The summed E-state index contributed by atoms with van der Waals surface area (Å²) in [7, 11) is 0. The van der Waals surface area contributed by atoms with E-state index in [-0.39, 0.29) is 30.2 Å². The molecule has 2 aromatic heterocycles. The molecule has 0 saturated carbocycles. The lowest BCUT2D eigenvalue weighted by molar-refractivity contribution is -0.137. The summed E-state index contributed by atoms with van der Waals surface area (Å²) in [5.41, 5.74) is 6.11. The number of furan rings is 1. The molecule has 1 aliphatic heterocycles. The monoisotopic (exact) mass is 333 g/mol. The number of nitrogens with two attached hydrogens (primary N) is 1. The van der Waals surface area contributed by atoms with Crippen molar-refractivity contribution in [3.63, 3.8) is 0 Å². The third-order valence-corrected chi connectivity index (χ3v) is 5.13. The molecule has 1 aliphatic rings. The number of amides is 2. The van der Waals surface area contributed by atoms with Gasteiger partial charge in [-0.2, -0.15) is 0 Å². The Morgan fingerprint density at radius 2 is 2.30 bits per heavy atom. The molecule has 3 heterocycles. The number of primary amides is 1. The van der Waals surface area contributed by atoms with Gasteiger partial charge in [-0.05, 0) is 31.9 Å². The van der Waals surface area contributed by atoms with Gasteiger partial charge in [-0.1, -0.05) is 0 Å². The zero-order valence-electron chi connectivity index (χ0n) is 12.9. The standard InChI is InChI=1S/C16H19N3O3S/c1-10-4-5-11(15(17)21)8-19(10)14(20)7-12-9-23-16(18-12)13-3-2-6-22-13/h2-3,6,9-11H,4-5,7-8H2,1H3,(H2,17,21)/t10-,11+/m1/s1. The maximum absolute atomic E-state index is 12.6. The van der Waals surface area contributed by atoms with Crippen LogP contribution in [0.5, 0.6) is 0 Å². The summed E-state index contributed by atoms with van der Waals surface area (Å²) in [6.45, 7) is 2.41. The minimum Gasteiger partial charge on any atom is -0.462 e. The molecule has 0 aromatic carbocycles. The van der Waals surface area contributed by atoms with Gasteiger partial charge in [0.25, 0.3) is 0 Å². The van der Waals surface area contributed by atoms with Gasteiger partial charge in [0.15, 0.2) is 10.8 Å². The Morgan fingerprint density at radius 1 is 1.48 bits per heavy atom. The number of rotatable bonds is 4. The van der Waals surface area contributed by atoms with E-state index < -0.39 is 0 Å². The Labute approximate surface area is 138 Å². The van der Waals surface area contributed by atoms with Gasteiger partial charge in [-0.3, -0.25) is 9.59 Å². The van der Waals surface area contributed by atoms with Crippen molar-refractivity contribution < 1.29 is 14.0 Å². The maximum atomic E-state index is 12.6. The molecule has 1 fully saturated rings. The maximum Gasteiger partial charge on any atom is 0.228 e. The van der Waals surface area contributed by atoms with E-state index in [0.29, 0.717) is 12.3 Å². The van der Waals surface area contributed by atoms with Crippen molar-refractivity contribution in [1.82, 2.24) is 9.88 Å². The number of hydrogen-bond acceptors (Lipinski definition) is 5. The van der Waals surface area contributed by atoms with Crippen LogP contribution < -0.4 is 5.73 Å². The quantitative estimate of drug-likeness (QED) is 0.927. The summed E-state index contributed by atoms with van der Waals surface area (Å²) in [4.78, 5) is 30.1. The Morgan fingerprint density at radius 3 is 3.00 bits per heavy atom. The van der Waals surface area contributed by atoms with Crippen LogP contribution in [0, 0.1) is 5.92 Å². The fourth-order valence-electron chi connectivity index (χ4n) is 2.84. The zero-order chi connectivity index (χ0) is 16.4. The van der Waals surface area contributed by atoms with Crippen molar-refractivity contribution in [2.45, 2.75) is 32.2 Å².